The summed E-state index contributed by atoms with van der Waals surface area (Å²) in [6.45, 7) is 1.75. The smallest absolute Gasteiger partial charge is 0.251 e. The van der Waals surface area contributed by atoms with E-state index in [1.54, 1.807) is 49.1 Å². The van der Waals surface area contributed by atoms with Crippen molar-refractivity contribution in [3.05, 3.63) is 78.0 Å². The van der Waals surface area contributed by atoms with Gasteiger partial charge in [-0.05, 0) is 42.8 Å². The van der Waals surface area contributed by atoms with Gasteiger partial charge in [-0.15, -0.1) is 0 Å². The van der Waals surface area contributed by atoms with Crippen molar-refractivity contribution in [1.82, 2.24) is 20.3 Å². The van der Waals surface area contributed by atoms with E-state index in [9.17, 15) is 15.0 Å². The van der Waals surface area contributed by atoms with Crippen LogP contribution in [0.2, 0.25) is 0 Å². The topological polar surface area (TPSA) is 123 Å². The van der Waals surface area contributed by atoms with E-state index < -0.39 is 6.04 Å². The van der Waals surface area contributed by atoms with E-state index in [4.69, 9.17) is 0 Å². The van der Waals surface area contributed by atoms with Crippen molar-refractivity contribution in [3.8, 4) is 5.75 Å². The summed E-state index contributed by atoms with van der Waals surface area (Å²) in [7, 11) is 0. The molecule has 8 nitrogen and oxygen atoms in total. The van der Waals surface area contributed by atoms with Crippen molar-refractivity contribution < 1.29 is 15.0 Å². The van der Waals surface area contributed by atoms with Crippen molar-refractivity contribution >= 4 is 28.2 Å². The minimum Gasteiger partial charge on any atom is -0.508 e. The molecule has 4 aromatic rings. The van der Waals surface area contributed by atoms with E-state index in [2.05, 4.69) is 25.6 Å². The average molecular weight is 417 g/mol. The number of phenols is 1. The zero-order chi connectivity index (χ0) is 21.8. The van der Waals surface area contributed by atoms with Crippen LogP contribution in [0.15, 0.2) is 61.2 Å². The molecule has 4 rings (SSSR count). The van der Waals surface area contributed by atoms with Crippen LogP contribution in [0.4, 0.5) is 11.4 Å². The molecule has 31 heavy (non-hydrogen) atoms. The van der Waals surface area contributed by atoms with Gasteiger partial charge >= 0.3 is 0 Å². The summed E-state index contributed by atoms with van der Waals surface area (Å²) >= 11 is 0. The lowest BCUT2D eigenvalue weighted by Gasteiger charge is -2.16. The summed E-state index contributed by atoms with van der Waals surface area (Å²) < 4.78 is 0. The van der Waals surface area contributed by atoms with Gasteiger partial charge in [-0.3, -0.25) is 9.78 Å². The maximum Gasteiger partial charge on any atom is 0.251 e. The van der Waals surface area contributed by atoms with Gasteiger partial charge in [0.2, 0.25) is 0 Å². The normalized spacial score (nSPS) is 11.9. The number of carbonyl (C=O) groups excluding carboxylic acids is 1. The molecule has 5 N–H and O–H groups in total. The van der Waals surface area contributed by atoms with Crippen LogP contribution in [0, 0.1) is 6.92 Å². The first-order valence-corrected chi connectivity index (χ1v) is 9.88. The Morgan fingerprint density at radius 2 is 2.00 bits per heavy atom. The third-order valence-electron chi connectivity index (χ3n) is 5.06. The van der Waals surface area contributed by atoms with Crippen molar-refractivity contribution in [2.45, 2.75) is 19.4 Å². The third-order valence-corrected chi connectivity index (χ3v) is 5.06. The second-order valence-electron chi connectivity index (χ2n) is 7.33. The number of aryl methyl sites for hydroxylation is 1. The van der Waals surface area contributed by atoms with E-state index in [1.807, 2.05) is 19.1 Å². The molecule has 2 aromatic carbocycles. The number of aliphatic hydroxyl groups excluding tert-OH is 1. The summed E-state index contributed by atoms with van der Waals surface area (Å²) in [5, 5.41) is 26.4. The van der Waals surface area contributed by atoms with Crippen molar-refractivity contribution in [2.75, 3.05) is 11.9 Å². The Kier molecular flexibility index (Phi) is 5.81. The van der Waals surface area contributed by atoms with Crippen LogP contribution in [0.5, 0.6) is 5.75 Å². The number of H-pyrrole nitrogens is 1. The van der Waals surface area contributed by atoms with Crippen molar-refractivity contribution in [2.24, 2.45) is 0 Å². The summed E-state index contributed by atoms with van der Waals surface area (Å²) in [4.78, 5) is 24.2. The fourth-order valence-corrected chi connectivity index (χ4v) is 3.37. The predicted octanol–water partition coefficient (Wildman–Crippen LogP) is 3.05. The monoisotopic (exact) mass is 417 g/mol. The number of aromatic hydroxyl groups is 1. The number of aromatic amines is 1. The maximum absolute atomic E-state index is 12.8. The predicted molar refractivity (Wildman–Crippen MR) is 119 cm³/mol. The standard InChI is InChI=1S/C23H23N5O3/c1-14-2-4-18(30)10-22(14)28-21-6-7-25-20-5-3-15(8-19(20)21)23(31)27-17(12-29)9-16-11-24-13-26-16/h2-8,10-11,13,17,29-30H,9,12H2,1H3,(H,24,26)(H,25,28)(H,27,31)/t17-/m0/s1. The van der Waals surface area contributed by atoms with E-state index in [1.165, 1.54) is 0 Å². The minimum atomic E-state index is -0.451. The third kappa shape index (κ3) is 4.65. The molecule has 0 saturated heterocycles. The first-order chi connectivity index (χ1) is 15.0. The Balaban J connectivity index is 1.60. The Labute approximate surface area is 179 Å². The maximum atomic E-state index is 12.8. The number of phenolic OH excluding ortho intramolecular Hbond substituents is 1. The Bertz CT molecular complexity index is 1210. The molecule has 0 spiro atoms. The molecule has 8 heteroatoms. The van der Waals surface area contributed by atoms with Gasteiger partial charge in [-0.2, -0.15) is 0 Å². The van der Waals surface area contributed by atoms with Crippen LogP contribution in [0.3, 0.4) is 0 Å². The largest absolute Gasteiger partial charge is 0.508 e. The quantitative estimate of drug-likeness (QED) is 0.315. The second-order valence-corrected chi connectivity index (χ2v) is 7.33. The van der Waals surface area contributed by atoms with Gasteiger partial charge in [0, 0.05) is 47.2 Å². The molecule has 2 heterocycles. The number of nitrogens with one attached hydrogen (secondary N) is 3. The molecule has 0 aliphatic carbocycles. The molecule has 0 radical (unpaired) electrons. The number of rotatable bonds is 7. The lowest BCUT2D eigenvalue weighted by Crippen LogP contribution is -2.39. The lowest BCUT2D eigenvalue weighted by molar-refractivity contribution is 0.0916. The van der Waals surface area contributed by atoms with Crippen LogP contribution in [-0.4, -0.2) is 43.7 Å². The molecule has 2 aromatic heterocycles. The molecule has 158 valence electrons. The highest BCUT2D eigenvalue weighted by Crippen LogP contribution is 2.29. The fraction of sp³-hybridized carbons (Fsp3) is 0.174. The van der Waals surface area contributed by atoms with E-state index in [0.717, 1.165) is 33.5 Å². The number of benzene rings is 2. The number of hydrogen-bond donors (Lipinski definition) is 5. The van der Waals surface area contributed by atoms with Crippen LogP contribution in [-0.2, 0) is 6.42 Å². The van der Waals surface area contributed by atoms with Gasteiger partial charge in [0.15, 0.2) is 0 Å². The minimum absolute atomic E-state index is 0.165. The number of aliphatic hydroxyl groups is 1. The Morgan fingerprint density at radius 3 is 2.77 bits per heavy atom. The Hall–Kier alpha value is -3.91. The zero-order valence-corrected chi connectivity index (χ0v) is 17.0. The van der Waals surface area contributed by atoms with Gasteiger partial charge in [0.25, 0.3) is 5.91 Å². The fourth-order valence-electron chi connectivity index (χ4n) is 3.37. The summed E-state index contributed by atoms with van der Waals surface area (Å²) in [5.74, 6) is -0.127. The van der Waals surface area contributed by atoms with Gasteiger partial charge in [0.1, 0.15) is 5.75 Å². The highest BCUT2D eigenvalue weighted by atomic mass is 16.3. The molecule has 1 amide bonds. The summed E-state index contributed by atoms with van der Waals surface area (Å²) in [5.41, 5.74) is 4.45. The highest BCUT2D eigenvalue weighted by molar-refractivity contribution is 6.01. The van der Waals surface area contributed by atoms with E-state index in [0.29, 0.717) is 12.0 Å². The number of carbonyl (C=O) groups is 1. The van der Waals surface area contributed by atoms with Crippen LogP contribution < -0.4 is 10.6 Å². The molecule has 0 aliphatic rings. The van der Waals surface area contributed by atoms with Crippen molar-refractivity contribution in [1.29, 1.82) is 0 Å². The molecule has 0 fully saturated rings. The van der Waals surface area contributed by atoms with E-state index in [-0.39, 0.29) is 18.3 Å². The number of pyridine rings is 1. The summed E-state index contributed by atoms with van der Waals surface area (Å²) in [6, 6.07) is 11.7. The number of imidazole rings is 1. The second kappa shape index (κ2) is 8.85. The molecular formula is C23H23N5O3. The number of aromatic nitrogens is 3. The highest BCUT2D eigenvalue weighted by Gasteiger charge is 2.16. The molecule has 0 aliphatic heterocycles. The van der Waals surface area contributed by atoms with Gasteiger partial charge in [0.05, 0.1) is 30.2 Å². The van der Waals surface area contributed by atoms with Gasteiger partial charge < -0.3 is 25.8 Å². The number of fused-ring (bicyclic) bond motifs is 1. The molecule has 1 atom stereocenters. The zero-order valence-electron chi connectivity index (χ0n) is 17.0. The van der Waals surface area contributed by atoms with Crippen LogP contribution >= 0.6 is 0 Å². The van der Waals surface area contributed by atoms with Gasteiger partial charge in [-0.1, -0.05) is 6.07 Å². The number of anilines is 2. The first-order valence-electron chi connectivity index (χ1n) is 9.88. The SMILES string of the molecule is Cc1ccc(O)cc1Nc1ccnc2ccc(C(=O)N[C@H](CO)Cc3c[nH]cn3)cc12. The molecule has 0 saturated carbocycles. The van der Waals surface area contributed by atoms with Crippen LogP contribution in [0.1, 0.15) is 21.6 Å². The first kappa shape index (κ1) is 20.4. The molecule has 0 bridgehead atoms. The number of hydrogen-bond acceptors (Lipinski definition) is 6. The molecule has 0 unspecified atom stereocenters. The van der Waals surface area contributed by atoms with Crippen molar-refractivity contribution in [3.63, 3.8) is 0 Å². The number of amides is 1. The van der Waals surface area contributed by atoms with E-state index >= 15 is 0 Å². The number of nitrogens with zero attached hydrogens (tertiary/aromatic N) is 2. The van der Waals surface area contributed by atoms with Gasteiger partial charge in [-0.25, -0.2) is 4.98 Å². The summed E-state index contributed by atoms with van der Waals surface area (Å²) in [6.07, 6.45) is 5.40. The Morgan fingerprint density at radius 1 is 1.13 bits per heavy atom. The molecular weight excluding hydrogens is 394 g/mol. The average Bonchev–Trinajstić information content (AvgIpc) is 3.28. The lowest BCUT2D eigenvalue weighted by atomic mass is 10.1. The van der Waals surface area contributed by atoms with Crippen LogP contribution in [0.25, 0.3) is 10.9 Å².